The third-order valence-electron chi connectivity index (χ3n) is 2.89. The molecule has 2 unspecified atom stereocenters. The van der Waals surface area contributed by atoms with Gasteiger partial charge in [0.1, 0.15) is 0 Å². The van der Waals surface area contributed by atoms with E-state index >= 15 is 0 Å². The molecule has 0 aromatic heterocycles. The van der Waals surface area contributed by atoms with Crippen LogP contribution in [0.5, 0.6) is 0 Å². The van der Waals surface area contributed by atoms with E-state index in [-0.39, 0.29) is 5.91 Å². The SMILES string of the molecule is CC(=O)N1CCSC2CCCC21. The van der Waals surface area contributed by atoms with Gasteiger partial charge in [0.25, 0.3) is 0 Å². The monoisotopic (exact) mass is 185 g/mol. The first-order valence-corrected chi connectivity index (χ1v) is 5.73. The van der Waals surface area contributed by atoms with Gasteiger partial charge in [-0.05, 0) is 12.8 Å². The summed E-state index contributed by atoms with van der Waals surface area (Å²) in [6.45, 7) is 2.67. The first-order valence-electron chi connectivity index (χ1n) is 4.68. The van der Waals surface area contributed by atoms with Crippen molar-refractivity contribution < 1.29 is 4.79 Å². The number of amides is 1. The van der Waals surface area contributed by atoms with Crippen molar-refractivity contribution in [1.82, 2.24) is 4.90 Å². The molecule has 1 saturated carbocycles. The normalized spacial score (nSPS) is 34.9. The van der Waals surface area contributed by atoms with Crippen LogP contribution in [0.3, 0.4) is 0 Å². The summed E-state index contributed by atoms with van der Waals surface area (Å²) in [6.07, 6.45) is 3.86. The fourth-order valence-corrected chi connectivity index (χ4v) is 3.76. The second kappa shape index (κ2) is 3.29. The largest absolute Gasteiger partial charge is 0.338 e. The van der Waals surface area contributed by atoms with Crippen molar-refractivity contribution in [1.29, 1.82) is 0 Å². The molecule has 0 bridgehead atoms. The van der Waals surface area contributed by atoms with E-state index < -0.39 is 0 Å². The Bertz CT molecular complexity index is 195. The maximum absolute atomic E-state index is 11.3. The van der Waals surface area contributed by atoms with Gasteiger partial charge in [0.05, 0.1) is 0 Å². The molecular weight excluding hydrogens is 170 g/mol. The molecule has 0 aromatic rings. The van der Waals surface area contributed by atoms with Crippen LogP contribution in [0.25, 0.3) is 0 Å². The summed E-state index contributed by atoms with van der Waals surface area (Å²) in [6, 6.07) is 0.571. The smallest absolute Gasteiger partial charge is 0.219 e. The number of hydrogen-bond donors (Lipinski definition) is 0. The molecule has 2 aliphatic rings. The van der Waals surface area contributed by atoms with Crippen LogP contribution in [-0.4, -0.2) is 34.4 Å². The lowest BCUT2D eigenvalue weighted by atomic mass is 10.2. The average molecular weight is 185 g/mol. The van der Waals surface area contributed by atoms with Gasteiger partial charge in [0.2, 0.25) is 5.91 Å². The van der Waals surface area contributed by atoms with Gasteiger partial charge < -0.3 is 4.90 Å². The molecule has 1 aliphatic heterocycles. The van der Waals surface area contributed by atoms with Crippen molar-refractivity contribution in [2.24, 2.45) is 0 Å². The molecule has 12 heavy (non-hydrogen) atoms. The Morgan fingerprint density at radius 1 is 1.50 bits per heavy atom. The van der Waals surface area contributed by atoms with Gasteiger partial charge in [-0.1, -0.05) is 6.42 Å². The Labute approximate surface area is 77.7 Å². The number of carbonyl (C=O) groups excluding carboxylic acids is 1. The predicted octanol–water partition coefficient (Wildman–Crippen LogP) is 1.50. The molecule has 1 aliphatic carbocycles. The molecular formula is C9H15NOS. The van der Waals surface area contributed by atoms with Crippen LogP contribution in [-0.2, 0) is 4.79 Å². The van der Waals surface area contributed by atoms with Crippen molar-refractivity contribution in [3.63, 3.8) is 0 Å². The summed E-state index contributed by atoms with van der Waals surface area (Å²) >= 11 is 2.06. The van der Waals surface area contributed by atoms with E-state index in [1.165, 1.54) is 19.3 Å². The fraction of sp³-hybridized carbons (Fsp3) is 0.889. The molecule has 2 nitrogen and oxygen atoms in total. The highest BCUT2D eigenvalue weighted by molar-refractivity contribution is 8.00. The van der Waals surface area contributed by atoms with Gasteiger partial charge in [0, 0.05) is 30.5 Å². The molecule has 68 valence electrons. The van der Waals surface area contributed by atoms with Gasteiger partial charge in [-0.3, -0.25) is 4.79 Å². The maximum Gasteiger partial charge on any atom is 0.219 e. The molecule has 0 radical (unpaired) electrons. The molecule has 2 fully saturated rings. The number of hydrogen-bond acceptors (Lipinski definition) is 2. The molecule has 1 saturated heterocycles. The van der Waals surface area contributed by atoms with Gasteiger partial charge in [-0.25, -0.2) is 0 Å². The second-order valence-corrected chi connectivity index (χ2v) is 4.97. The zero-order chi connectivity index (χ0) is 8.55. The van der Waals surface area contributed by atoms with E-state index in [0.717, 1.165) is 17.5 Å². The van der Waals surface area contributed by atoms with Crippen molar-refractivity contribution >= 4 is 17.7 Å². The lowest BCUT2D eigenvalue weighted by Crippen LogP contribution is -2.47. The number of rotatable bonds is 0. The summed E-state index contributed by atoms with van der Waals surface area (Å²) in [5, 5.41) is 0.752. The highest BCUT2D eigenvalue weighted by atomic mass is 32.2. The van der Waals surface area contributed by atoms with Gasteiger partial charge in [-0.2, -0.15) is 11.8 Å². The van der Waals surface area contributed by atoms with Crippen LogP contribution in [0.15, 0.2) is 0 Å². The van der Waals surface area contributed by atoms with E-state index in [0.29, 0.717) is 6.04 Å². The van der Waals surface area contributed by atoms with Crippen molar-refractivity contribution in [2.75, 3.05) is 12.3 Å². The van der Waals surface area contributed by atoms with Crippen molar-refractivity contribution in [3.05, 3.63) is 0 Å². The number of thioether (sulfide) groups is 1. The average Bonchev–Trinajstić information content (AvgIpc) is 2.49. The van der Waals surface area contributed by atoms with Crippen LogP contribution in [0.2, 0.25) is 0 Å². The Morgan fingerprint density at radius 3 is 3.08 bits per heavy atom. The quantitative estimate of drug-likeness (QED) is 0.570. The lowest BCUT2D eigenvalue weighted by molar-refractivity contribution is -0.130. The van der Waals surface area contributed by atoms with Crippen LogP contribution in [0.1, 0.15) is 26.2 Å². The maximum atomic E-state index is 11.3. The zero-order valence-electron chi connectivity index (χ0n) is 7.45. The van der Waals surface area contributed by atoms with Gasteiger partial charge in [-0.15, -0.1) is 0 Å². The van der Waals surface area contributed by atoms with Gasteiger partial charge in [0.15, 0.2) is 0 Å². The van der Waals surface area contributed by atoms with E-state index in [1.54, 1.807) is 6.92 Å². The van der Waals surface area contributed by atoms with Crippen molar-refractivity contribution in [3.8, 4) is 0 Å². The Morgan fingerprint density at radius 2 is 2.33 bits per heavy atom. The topological polar surface area (TPSA) is 20.3 Å². The minimum atomic E-state index is 0.271. The standard InChI is InChI=1S/C9H15NOS/c1-7(11)10-5-6-12-9-4-2-3-8(9)10/h8-9H,2-6H2,1H3. The predicted molar refractivity (Wildman–Crippen MR) is 51.3 cm³/mol. The summed E-state index contributed by atoms with van der Waals surface area (Å²) in [5.41, 5.74) is 0. The molecule has 1 heterocycles. The third kappa shape index (κ3) is 1.35. The molecule has 0 spiro atoms. The Kier molecular flexibility index (Phi) is 2.31. The van der Waals surface area contributed by atoms with E-state index in [9.17, 15) is 4.79 Å². The number of nitrogens with zero attached hydrogens (tertiary/aromatic N) is 1. The second-order valence-electron chi connectivity index (χ2n) is 3.62. The highest BCUT2D eigenvalue weighted by Gasteiger charge is 2.36. The highest BCUT2D eigenvalue weighted by Crippen LogP contribution is 2.36. The molecule has 0 aromatic carbocycles. The van der Waals surface area contributed by atoms with Crippen LogP contribution < -0.4 is 0 Å². The molecule has 2 rings (SSSR count). The van der Waals surface area contributed by atoms with Crippen LogP contribution >= 0.6 is 11.8 Å². The fourth-order valence-electron chi connectivity index (χ4n) is 2.32. The zero-order valence-corrected chi connectivity index (χ0v) is 8.27. The summed E-state index contributed by atoms with van der Waals surface area (Å²) < 4.78 is 0. The lowest BCUT2D eigenvalue weighted by Gasteiger charge is -2.36. The molecule has 3 heteroatoms. The number of carbonyl (C=O) groups is 1. The van der Waals surface area contributed by atoms with Crippen molar-refractivity contribution in [2.45, 2.75) is 37.5 Å². The Balaban J connectivity index is 2.08. The number of fused-ring (bicyclic) bond motifs is 1. The molecule has 1 amide bonds. The Hall–Kier alpha value is -0.180. The van der Waals surface area contributed by atoms with Crippen LogP contribution in [0, 0.1) is 0 Å². The van der Waals surface area contributed by atoms with Gasteiger partial charge >= 0.3 is 0 Å². The summed E-state index contributed by atoms with van der Waals surface area (Å²) in [4.78, 5) is 13.3. The van der Waals surface area contributed by atoms with Crippen LogP contribution in [0.4, 0.5) is 0 Å². The van der Waals surface area contributed by atoms with E-state index in [2.05, 4.69) is 16.7 Å². The first-order chi connectivity index (χ1) is 5.79. The minimum Gasteiger partial charge on any atom is -0.338 e. The summed E-state index contributed by atoms with van der Waals surface area (Å²) in [7, 11) is 0. The molecule has 2 atom stereocenters. The summed E-state index contributed by atoms with van der Waals surface area (Å²) in [5.74, 6) is 1.41. The first kappa shape index (κ1) is 8.42. The van der Waals surface area contributed by atoms with E-state index in [4.69, 9.17) is 0 Å². The third-order valence-corrected chi connectivity index (χ3v) is 4.28. The van der Waals surface area contributed by atoms with E-state index in [1.807, 2.05) is 0 Å². The molecule has 0 N–H and O–H groups in total. The minimum absolute atomic E-state index is 0.271.